The maximum atomic E-state index is 12.0. The Morgan fingerprint density at radius 1 is 1.45 bits per heavy atom. The van der Waals surface area contributed by atoms with Gasteiger partial charge in [0, 0.05) is 20.2 Å². The summed E-state index contributed by atoms with van der Waals surface area (Å²) >= 11 is 6.93. The molecule has 6 nitrogen and oxygen atoms in total. The van der Waals surface area contributed by atoms with Gasteiger partial charge in [-0.2, -0.15) is 5.10 Å². The third-order valence-electron chi connectivity index (χ3n) is 2.35. The second-order valence-corrected chi connectivity index (χ2v) is 5.70. The van der Waals surface area contributed by atoms with E-state index in [0.717, 1.165) is 11.3 Å². The first kappa shape index (κ1) is 14.5. The Bertz CT molecular complexity index is 637. The molecule has 2 heterocycles. The zero-order valence-corrected chi connectivity index (χ0v) is 12.4. The van der Waals surface area contributed by atoms with Crippen molar-refractivity contribution in [2.24, 2.45) is 7.05 Å². The first-order chi connectivity index (χ1) is 9.45. The third kappa shape index (κ3) is 3.58. The average Bonchev–Trinajstić information content (AvgIpc) is 2.96. The van der Waals surface area contributed by atoms with Gasteiger partial charge in [-0.1, -0.05) is 11.6 Å². The van der Waals surface area contributed by atoms with Crippen LogP contribution in [0.15, 0.2) is 24.4 Å². The van der Waals surface area contributed by atoms with E-state index in [-0.39, 0.29) is 5.91 Å². The number of aromatic nitrogens is 2. The summed E-state index contributed by atoms with van der Waals surface area (Å²) in [7, 11) is 1.73. The normalized spacial score (nSPS) is 11.9. The Balaban J connectivity index is 2.15. The lowest BCUT2D eigenvalue weighted by atomic mass is 10.3. The van der Waals surface area contributed by atoms with E-state index in [1.54, 1.807) is 36.1 Å². The number of carbonyl (C=O) groups excluding carboxylic acids is 2. The largest absolute Gasteiger partial charge is 0.436 e. The Morgan fingerprint density at radius 2 is 2.20 bits per heavy atom. The van der Waals surface area contributed by atoms with Crippen LogP contribution in [0.4, 0.5) is 0 Å². The molecule has 0 saturated heterocycles. The predicted molar refractivity (Wildman–Crippen MR) is 74.5 cm³/mol. The molecule has 0 saturated carbocycles. The maximum Gasteiger partial charge on any atom is 0.304 e. The number of hydrogen-bond acceptors (Lipinski definition) is 5. The lowest BCUT2D eigenvalue weighted by molar-refractivity contribution is -0.147. The topological polar surface area (TPSA) is 73.2 Å². The van der Waals surface area contributed by atoms with Gasteiger partial charge in [-0.3, -0.25) is 14.3 Å². The van der Waals surface area contributed by atoms with Crippen LogP contribution >= 0.6 is 22.9 Å². The molecule has 20 heavy (non-hydrogen) atoms. The number of ether oxygens (including phenoxy) is 1. The molecule has 0 aliphatic heterocycles. The van der Waals surface area contributed by atoms with Crippen LogP contribution in [0.3, 0.4) is 0 Å². The van der Waals surface area contributed by atoms with Crippen molar-refractivity contribution in [1.82, 2.24) is 15.1 Å². The Kier molecular flexibility index (Phi) is 4.41. The van der Waals surface area contributed by atoms with E-state index in [0.29, 0.717) is 14.9 Å². The Morgan fingerprint density at radius 3 is 2.70 bits per heavy atom. The summed E-state index contributed by atoms with van der Waals surface area (Å²) in [4.78, 5) is 23.6. The number of nitrogens with one attached hydrogen (secondary N) is 1. The van der Waals surface area contributed by atoms with Crippen molar-refractivity contribution in [3.8, 4) is 0 Å². The van der Waals surface area contributed by atoms with E-state index in [2.05, 4.69) is 10.4 Å². The van der Waals surface area contributed by atoms with Gasteiger partial charge in [-0.05, 0) is 18.2 Å². The summed E-state index contributed by atoms with van der Waals surface area (Å²) in [6.45, 7) is 1.27. The van der Waals surface area contributed by atoms with Gasteiger partial charge >= 0.3 is 5.97 Å². The summed E-state index contributed by atoms with van der Waals surface area (Å²) in [6, 6.07) is 4.89. The molecule has 1 unspecified atom stereocenters. The molecule has 0 aliphatic rings. The van der Waals surface area contributed by atoms with E-state index >= 15 is 0 Å². The molecule has 1 amide bonds. The van der Waals surface area contributed by atoms with Crippen LogP contribution in [0.2, 0.25) is 4.34 Å². The van der Waals surface area contributed by atoms with Crippen molar-refractivity contribution < 1.29 is 14.3 Å². The molecule has 2 rings (SSSR count). The summed E-state index contributed by atoms with van der Waals surface area (Å²) in [6.07, 6.45) is 0.766. The molecule has 2 aromatic rings. The molecule has 0 radical (unpaired) electrons. The Labute approximate surface area is 124 Å². The molecule has 1 atom stereocenters. The van der Waals surface area contributed by atoms with Gasteiger partial charge < -0.3 is 10.1 Å². The summed E-state index contributed by atoms with van der Waals surface area (Å²) in [5.74, 6) is -0.885. The smallest absolute Gasteiger partial charge is 0.304 e. The Hall–Kier alpha value is -1.86. The van der Waals surface area contributed by atoms with Crippen molar-refractivity contribution in [1.29, 1.82) is 0 Å². The van der Waals surface area contributed by atoms with Crippen LogP contribution in [0.1, 0.15) is 28.5 Å². The number of esters is 1. The quantitative estimate of drug-likeness (QED) is 0.693. The number of halogens is 1. The highest BCUT2D eigenvalue weighted by atomic mass is 35.5. The molecule has 2 aromatic heterocycles. The van der Waals surface area contributed by atoms with Crippen LogP contribution in [0, 0.1) is 0 Å². The average molecular weight is 314 g/mol. The van der Waals surface area contributed by atoms with Gasteiger partial charge in [-0.25, -0.2) is 0 Å². The highest BCUT2D eigenvalue weighted by molar-refractivity contribution is 7.17. The maximum absolute atomic E-state index is 12.0. The minimum atomic E-state index is -0.929. The monoisotopic (exact) mass is 313 g/mol. The lowest BCUT2D eigenvalue weighted by Gasteiger charge is -2.15. The molecule has 8 heteroatoms. The van der Waals surface area contributed by atoms with Gasteiger partial charge in [0.05, 0.1) is 9.21 Å². The highest BCUT2D eigenvalue weighted by Crippen LogP contribution is 2.22. The second kappa shape index (κ2) is 6.06. The van der Waals surface area contributed by atoms with Crippen molar-refractivity contribution >= 4 is 34.8 Å². The number of thiophene rings is 1. The van der Waals surface area contributed by atoms with Gasteiger partial charge in [0.15, 0.2) is 0 Å². The fraction of sp³-hybridized carbons (Fsp3) is 0.250. The van der Waals surface area contributed by atoms with Crippen molar-refractivity contribution in [3.63, 3.8) is 0 Å². The van der Waals surface area contributed by atoms with E-state index < -0.39 is 12.2 Å². The van der Waals surface area contributed by atoms with Crippen molar-refractivity contribution in [2.75, 3.05) is 0 Å². The van der Waals surface area contributed by atoms with Crippen LogP contribution in [0.25, 0.3) is 0 Å². The fourth-order valence-electron chi connectivity index (χ4n) is 1.53. The van der Waals surface area contributed by atoms with Gasteiger partial charge in [0.1, 0.15) is 5.69 Å². The number of hydrogen-bond donors (Lipinski definition) is 1. The lowest BCUT2D eigenvalue weighted by Crippen LogP contribution is -2.31. The minimum absolute atomic E-state index is 0.376. The number of nitrogens with zero attached hydrogens (tertiary/aromatic N) is 2. The molecule has 0 spiro atoms. The molecular weight excluding hydrogens is 302 g/mol. The van der Waals surface area contributed by atoms with Crippen LogP contribution in [-0.4, -0.2) is 21.7 Å². The van der Waals surface area contributed by atoms with Crippen LogP contribution < -0.4 is 5.32 Å². The van der Waals surface area contributed by atoms with Crippen LogP contribution in [-0.2, 0) is 16.6 Å². The molecule has 0 fully saturated rings. The molecular formula is C12H12ClN3O3S. The SMILES string of the molecule is CC(=O)OC(NC(=O)c1ccc(Cl)s1)c1ccn(C)n1. The van der Waals surface area contributed by atoms with E-state index in [4.69, 9.17) is 16.3 Å². The number of carbonyl (C=O) groups is 2. The molecule has 0 aliphatic carbocycles. The zero-order chi connectivity index (χ0) is 14.7. The second-order valence-electron chi connectivity index (χ2n) is 3.98. The molecule has 0 bridgehead atoms. The summed E-state index contributed by atoms with van der Waals surface area (Å²) in [5, 5.41) is 6.72. The van der Waals surface area contributed by atoms with Crippen molar-refractivity contribution in [3.05, 3.63) is 39.3 Å². The van der Waals surface area contributed by atoms with E-state index in [9.17, 15) is 9.59 Å². The number of amides is 1. The van der Waals surface area contributed by atoms with Gasteiger partial charge in [-0.15, -0.1) is 11.3 Å². The van der Waals surface area contributed by atoms with E-state index in [1.165, 1.54) is 6.92 Å². The summed E-state index contributed by atoms with van der Waals surface area (Å²) in [5.41, 5.74) is 0.443. The van der Waals surface area contributed by atoms with Gasteiger partial charge in [0.2, 0.25) is 6.23 Å². The standard InChI is InChI=1S/C12H12ClN3O3S/c1-7(17)19-12(8-5-6-16(2)15-8)14-11(18)9-3-4-10(13)20-9/h3-6,12H,1-2H3,(H,14,18). The molecule has 106 valence electrons. The zero-order valence-electron chi connectivity index (χ0n) is 10.8. The first-order valence-corrected chi connectivity index (χ1v) is 6.88. The van der Waals surface area contributed by atoms with E-state index in [1.807, 2.05) is 0 Å². The summed E-state index contributed by atoms with van der Waals surface area (Å²) < 4.78 is 7.14. The highest BCUT2D eigenvalue weighted by Gasteiger charge is 2.21. The molecule has 0 aromatic carbocycles. The third-order valence-corrected chi connectivity index (χ3v) is 3.58. The van der Waals surface area contributed by atoms with Crippen molar-refractivity contribution in [2.45, 2.75) is 13.2 Å². The fourth-order valence-corrected chi connectivity index (χ4v) is 2.48. The number of rotatable bonds is 4. The van der Waals surface area contributed by atoms with Gasteiger partial charge in [0.25, 0.3) is 5.91 Å². The predicted octanol–water partition coefficient (Wildman–Crippen LogP) is 2.13. The van der Waals surface area contributed by atoms with Crippen LogP contribution in [0.5, 0.6) is 0 Å². The number of aryl methyl sites for hydroxylation is 1. The first-order valence-electron chi connectivity index (χ1n) is 5.68. The molecule has 1 N–H and O–H groups in total. The minimum Gasteiger partial charge on any atom is -0.436 e.